The molecule has 0 radical (unpaired) electrons. The highest BCUT2D eigenvalue weighted by Gasteiger charge is 2.12. The zero-order valence-corrected chi connectivity index (χ0v) is 11.2. The first-order valence-corrected chi connectivity index (χ1v) is 5.90. The second-order valence-electron chi connectivity index (χ2n) is 4.40. The first-order chi connectivity index (χ1) is 9.08. The lowest BCUT2D eigenvalue weighted by molar-refractivity contribution is 0.0914. The molecule has 2 rings (SSSR count). The first-order valence-electron chi connectivity index (χ1n) is 5.90. The van der Waals surface area contributed by atoms with E-state index in [1.165, 1.54) is 0 Å². The fraction of sp³-hybridized carbons (Fsp3) is 0.308. The Hall–Kier alpha value is -2.37. The molecule has 2 aromatic heterocycles. The van der Waals surface area contributed by atoms with Crippen LogP contribution in [-0.2, 0) is 6.54 Å². The number of anilines is 1. The van der Waals surface area contributed by atoms with Gasteiger partial charge in [0, 0.05) is 38.5 Å². The van der Waals surface area contributed by atoms with E-state index in [1.54, 1.807) is 19.2 Å². The minimum atomic E-state index is -0.283. The Balaban J connectivity index is 2.05. The molecular weight excluding hydrogens is 244 g/mol. The fourth-order valence-electron chi connectivity index (χ4n) is 1.70. The molecule has 0 fully saturated rings. The maximum Gasteiger partial charge on any atom is 0.290 e. The summed E-state index contributed by atoms with van der Waals surface area (Å²) in [5.41, 5.74) is 1.62. The van der Waals surface area contributed by atoms with E-state index < -0.39 is 0 Å². The maximum atomic E-state index is 11.8. The summed E-state index contributed by atoms with van der Waals surface area (Å²) in [4.78, 5) is 18.0. The number of nitrogens with zero attached hydrogens (tertiary/aromatic N) is 3. The second kappa shape index (κ2) is 5.51. The number of hydrogen-bond acceptors (Lipinski definition) is 5. The van der Waals surface area contributed by atoms with Crippen molar-refractivity contribution in [3.63, 3.8) is 0 Å². The van der Waals surface area contributed by atoms with Crippen LogP contribution >= 0.6 is 0 Å². The van der Waals surface area contributed by atoms with Gasteiger partial charge in [-0.1, -0.05) is 11.2 Å². The highest BCUT2D eigenvalue weighted by atomic mass is 16.5. The second-order valence-corrected chi connectivity index (χ2v) is 4.40. The van der Waals surface area contributed by atoms with Gasteiger partial charge in [0.2, 0.25) is 5.76 Å². The molecule has 0 spiro atoms. The molecule has 0 saturated heterocycles. The SMILES string of the molecule is Cc1cc(C(=O)NCc2cccnc2N(C)C)on1. The van der Waals surface area contributed by atoms with E-state index in [4.69, 9.17) is 4.52 Å². The molecule has 0 unspecified atom stereocenters. The van der Waals surface area contributed by atoms with Gasteiger partial charge in [-0.2, -0.15) is 0 Å². The van der Waals surface area contributed by atoms with Gasteiger partial charge < -0.3 is 14.7 Å². The quantitative estimate of drug-likeness (QED) is 0.899. The molecule has 0 aliphatic heterocycles. The molecule has 1 N–H and O–H groups in total. The number of amides is 1. The average molecular weight is 260 g/mol. The Morgan fingerprint density at radius 1 is 1.47 bits per heavy atom. The van der Waals surface area contributed by atoms with Gasteiger partial charge in [-0.25, -0.2) is 4.98 Å². The van der Waals surface area contributed by atoms with Crippen LogP contribution in [0.1, 0.15) is 21.8 Å². The molecule has 0 saturated carbocycles. The summed E-state index contributed by atoms with van der Waals surface area (Å²) < 4.78 is 4.90. The van der Waals surface area contributed by atoms with Crippen molar-refractivity contribution in [3.8, 4) is 0 Å². The minimum absolute atomic E-state index is 0.216. The Morgan fingerprint density at radius 2 is 2.26 bits per heavy atom. The predicted molar refractivity (Wildman–Crippen MR) is 71.0 cm³/mol. The number of nitrogens with one attached hydrogen (secondary N) is 1. The number of aromatic nitrogens is 2. The Morgan fingerprint density at radius 3 is 2.89 bits per heavy atom. The van der Waals surface area contributed by atoms with E-state index in [1.807, 2.05) is 31.1 Å². The Labute approximate surface area is 111 Å². The number of carbonyl (C=O) groups is 1. The van der Waals surface area contributed by atoms with Gasteiger partial charge in [-0.3, -0.25) is 4.79 Å². The summed E-state index contributed by atoms with van der Waals surface area (Å²) in [6.45, 7) is 2.16. The first kappa shape index (κ1) is 13.1. The van der Waals surface area contributed by atoms with Gasteiger partial charge in [0.05, 0.1) is 5.69 Å². The summed E-state index contributed by atoms with van der Waals surface area (Å²) in [6.07, 6.45) is 1.72. The Kier molecular flexibility index (Phi) is 3.79. The zero-order valence-electron chi connectivity index (χ0n) is 11.2. The smallest absolute Gasteiger partial charge is 0.290 e. The third-order valence-electron chi connectivity index (χ3n) is 2.58. The molecule has 0 aliphatic carbocycles. The van der Waals surface area contributed by atoms with Crippen LogP contribution in [0.3, 0.4) is 0 Å². The van der Waals surface area contributed by atoms with Crippen molar-refractivity contribution in [3.05, 3.63) is 41.4 Å². The third kappa shape index (κ3) is 3.09. The fourth-order valence-corrected chi connectivity index (χ4v) is 1.70. The van der Waals surface area contributed by atoms with Crippen LogP contribution < -0.4 is 10.2 Å². The molecule has 1 amide bonds. The van der Waals surface area contributed by atoms with Crippen molar-refractivity contribution >= 4 is 11.7 Å². The predicted octanol–water partition coefficient (Wildman–Crippen LogP) is 1.37. The summed E-state index contributed by atoms with van der Waals surface area (Å²) in [7, 11) is 3.82. The van der Waals surface area contributed by atoms with Crippen LogP contribution in [0, 0.1) is 6.92 Å². The van der Waals surface area contributed by atoms with Crippen molar-refractivity contribution in [2.24, 2.45) is 0 Å². The molecule has 0 atom stereocenters. The van der Waals surface area contributed by atoms with E-state index in [0.717, 1.165) is 11.4 Å². The molecule has 19 heavy (non-hydrogen) atoms. The molecule has 0 aliphatic rings. The van der Waals surface area contributed by atoms with Crippen LogP contribution in [0.2, 0.25) is 0 Å². The van der Waals surface area contributed by atoms with E-state index in [9.17, 15) is 4.79 Å². The van der Waals surface area contributed by atoms with Gasteiger partial charge in [0.1, 0.15) is 5.82 Å². The van der Waals surface area contributed by atoms with Gasteiger partial charge in [-0.15, -0.1) is 0 Å². The van der Waals surface area contributed by atoms with Crippen molar-refractivity contribution in [2.45, 2.75) is 13.5 Å². The summed E-state index contributed by atoms with van der Waals surface area (Å²) in [5, 5.41) is 6.47. The lowest BCUT2D eigenvalue weighted by Gasteiger charge is -2.15. The largest absolute Gasteiger partial charge is 0.362 e. The summed E-state index contributed by atoms with van der Waals surface area (Å²) >= 11 is 0. The molecule has 100 valence electrons. The van der Waals surface area contributed by atoms with Crippen LogP contribution in [0.25, 0.3) is 0 Å². The van der Waals surface area contributed by atoms with Crippen molar-refractivity contribution < 1.29 is 9.32 Å². The van der Waals surface area contributed by atoms with Gasteiger partial charge in [0.25, 0.3) is 5.91 Å². The number of pyridine rings is 1. The molecule has 0 bridgehead atoms. The van der Waals surface area contributed by atoms with E-state index in [2.05, 4.69) is 15.5 Å². The van der Waals surface area contributed by atoms with Crippen molar-refractivity contribution in [1.29, 1.82) is 0 Å². The average Bonchev–Trinajstić information content (AvgIpc) is 2.83. The normalized spacial score (nSPS) is 10.3. The topological polar surface area (TPSA) is 71.3 Å². The van der Waals surface area contributed by atoms with Gasteiger partial charge in [0.15, 0.2) is 0 Å². The molecule has 2 aromatic rings. The molecule has 6 nitrogen and oxygen atoms in total. The molecule has 6 heteroatoms. The van der Waals surface area contributed by atoms with Gasteiger partial charge >= 0.3 is 0 Å². The van der Waals surface area contributed by atoms with Crippen LogP contribution in [0.5, 0.6) is 0 Å². The lowest BCUT2D eigenvalue weighted by Crippen LogP contribution is -2.24. The number of carbonyl (C=O) groups excluding carboxylic acids is 1. The maximum absolute atomic E-state index is 11.8. The van der Waals surface area contributed by atoms with E-state index >= 15 is 0 Å². The monoisotopic (exact) mass is 260 g/mol. The highest BCUT2D eigenvalue weighted by molar-refractivity contribution is 5.91. The zero-order chi connectivity index (χ0) is 13.8. The molecular formula is C13H16N4O2. The molecule has 2 heterocycles. The van der Waals surface area contributed by atoms with Crippen molar-refractivity contribution in [2.75, 3.05) is 19.0 Å². The Bertz CT molecular complexity index is 578. The third-order valence-corrected chi connectivity index (χ3v) is 2.58. The van der Waals surface area contributed by atoms with Crippen LogP contribution in [0.4, 0.5) is 5.82 Å². The van der Waals surface area contributed by atoms with E-state index in [0.29, 0.717) is 12.2 Å². The van der Waals surface area contributed by atoms with E-state index in [-0.39, 0.29) is 11.7 Å². The van der Waals surface area contributed by atoms with Crippen LogP contribution in [-0.4, -0.2) is 30.1 Å². The number of hydrogen-bond donors (Lipinski definition) is 1. The number of rotatable bonds is 4. The standard InChI is InChI=1S/C13H16N4O2/c1-9-7-11(19-16-9)13(18)15-8-10-5-4-6-14-12(10)17(2)3/h4-7H,8H2,1-3H3,(H,15,18). The summed E-state index contributed by atoms with van der Waals surface area (Å²) in [5.74, 6) is 0.763. The molecule has 0 aromatic carbocycles. The highest BCUT2D eigenvalue weighted by Crippen LogP contribution is 2.14. The van der Waals surface area contributed by atoms with Gasteiger partial charge in [-0.05, 0) is 13.0 Å². The lowest BCUT2D eigenvalue weighted by atomic mass is 10.2. The summed E-state index contributed by atoms with van der Waals surface area (Å²) in [6, 6.07) is 5.37. The van der Waals surface area contributed by atoms with Crippen LogP contribution in [0.15, 0.2) is 28.9 Å². The minimum Gasteiger partial charge on any atom is -0.362 e. The van der Waals surface area contributed by atoms with Crippen molar-refractivity contribution in [1.82, 2.24) is 15.5 Å². The number of aryl methyl sites for hydroxylation is 1.